The van der Waals surface area contributed by atoms with E-state index in [0.717, 1.165) is 12.0 Å². The first kappa shape index (κ1) is 14.6. The van der Waals surface area contributed by atoms with Gasteiger partial charge in [0.15, 0.2) is 0 Å². The highest BCUT2D eigenvalue weighted by atomic mass is 16.2. The summed E-state index contributed by atoms with van der Waals surface area (Å²) in [6.07, 6.45) is 1.24. The minimum absolute atomic E-state index is 0.0103. The van der Waals surface area contributed by atoms with Crippen LogP contribution >= 0.6 is 0 Å². The molecule has 0 aliphatic carbocycles. The van der Waals surface area contributed by atoms with Crippen LogP contribution < -0.4 is 5.32 Å². The number of hydrogen-bond acceptors (Lipinski definition) is 2. The van der Waals surface area contributed by atoms with Gasteiger partial charge in [-0.15, -0.1) is 0 Å². The van der Waals surface area contributed by atoms with E-state index in [1.807, 2.05) is 49.1 Å². The number of carbonyl (C=O) groups is 2. The number of hydrogen-bond donors (Lipinski definition) is 1. The number of amides is 2. The second kappa shape index (κ2) is 6.07. The van der Waals surface area contributed by atoms with Gasteiger partial charge in [0.05, 0.1) is 0 Å². The molecule has 1 aromatic carbocycles. The van der Waals surface area contributed by atoms with Crippen LogP contribution in [0.5, 0.6) is 0 Å². The Kier molecular flexibility index (Phi) is 4.42. The van der Waals surface area contributed by atoms with Crippen molar-refractivity contribution < 1.29 is 9.59 Å². The molecule has 3 unspecified atom stereocenters. The maximum absolute atomic E-state index is 12.8. The molecule has 0 radical (unpaired) electrons. The van der Waals surface area contributed by atoms with Crippen molar-refractivity contribution in [3.05, 3.63) is 35.9 Å². The molecule has 108 valence electrons. The molecule has 1 aromatic rings. The quantitative estimate of drug-likeness (QED) is 0.919. The van der Waals surface area contributed by atoms with E-state index in [9.17, 15) is 9.59 Å². The predicted octanol–water partition coefficient (Wildman–Crippen LogP) is 2.26. The molecule has 1 N–H and O–H groups in total. The Morgan fingerprint density at radius 3 is 2.55 bits per heavy atom. The van der Waals surface area contributed by atoms with Gasteiger partial charge < -0.3 is 10.2 Å². The molecule has 1 heterocycles. The summed E-state index contributed by atoms with van der Waals surface area (Å²) in [6.45, 7) is 6.03. The molecule has 2 amide bonds. The van der Waals surface area contributed by atoms with Gasteiger partial charge >= 0.3 is 0 Å². The fraction of sp³-hybridized carbons (Fsp3) is 0.500. The van der Waals surface area contributed by atoms with E-state index < -0.39 is 6.04 Å². The summed E-state index contributed by atoms with van der Waals surface area (Å²) in [5, 5.41) is 2.85. The van der Waals surface area contributed by atoms with E-state index in [0.29, 0.717) is 6.42 Å². The summed E-state index contributed by atoms with van der Waals surface area (Å²) in [5.74, 6) is -0.0746. The Balaban J connectivity index is 2.36. The first-order valence-electron chi connectivity index (χ1n) is 7.21. The Morgan fingerprint density at radius 1 is 1.30 bits per heavy atom. The molecule has 3 atom stereocenters. The first-order chi connectivity index (χ1) is 9.54. The van der Waals surface area contributed by atoms with Crippen LogP contribution in [-0.4, -0.2) is 28.8 Å². The Bertz CT molecular complexity index is 487. The van der Waals surface area contributed by atoms with E-state index in [4.69, 9.17) is 0 Å². The lowest BCUT2D eigenvalue weighted by atomic mass is 10.0. The third-order valence-corrected chi connectivity index (χ3v) is 3.96. The van der Waals surface area contributed by atoms with Gasteiger partial charge in [0.2, 0.25) is 11.8 Å². The molecule has 0 saturated carbocycles. The molecule has 1 fully saturated rings. The highest BCUT2D eigenvalue weighted by Crippen LogP contribution is 2.24. The average molecular weight is 274 g/mol. The van der Waals surface area contributed by atoms with Gasteiger partial charge in [-0.1, -0.05) is 37.3 Å². The Hall–Kier alpha value is -1.84. The summed E-state index contributed by atoms with van der Waals surface area (Å²) < 4.78 is 0. The van der Waals surface area contributed by atoms with Crippen LogP contribution in [0.15, 0.2) is 30.3 Å². The van der Waals surface area contributed by atoms with Crippen LogP contribution in [0.3, 0.4) is 0 Å². The minimum Gasteiger partial charge on any atom is -0.340 e. The van der Waals surface area contributed by atoms with Crippen molar-refractivity contribution in [3.63, 3.8) is 0 Å². The molecular formula is C16H22N2O2. The normalized spacial score (nSPS) is 25.1. The summed E-state index contributed by atoms with van der Waals surface area (Å²) in [6, 6.07) is 8.95. The molecule has 1 saturated heterocycles. The van der Waals surface area contributed by atoms with Crippen molar-refractivity contribution in [1.29, 1.82) is 0 Å². The molecule has 0 aromatic heterocycles. The lowest BCUT2D eigenvalue weighted by Crippen LogP contribution is -2.46. The van der Waals surface area contributed by atoms with Crippen molar-refractivity contribution in [2.75, 3.05) is 0 Å². The van der Waals surface area contributed by atoms with Crippen LogP contribution in [-0.2, 0) is 9.59 Å². The highest BCUT2D eigenvalue weighted by Gasteiger charge is 2.36. The fourth-order valence-electron chi connectivity index (χ4n) is 2.73. The first-order valence-corrected chi connectivity index (χ1v) is 7.21. The summed E-state index contributed by atoms with van der Waals surface area (Å²) in [7, 11) is 0. The number of nitrogens with one attached hydrogen (secondary N) is 1. The molecule has 1 aliphatic rings. The van der Waals surface area contributed by atoms with Crippen molar-refractivity contribution in [2.24, 2.45) is 0 Å². The molecule has 4 heteroatoms. The molecule has 0 spiro atoms. The van der Waals surface area contributed by atoms with Gasteiger partial charge in [-0.2, -0.15) is 0 Å². The zero-order valence-corrected chi connectivity index (χ0v) is 12.3. The zero-order chi connectivity index (χ0) is 14.7. The average Bonchev–Trinajstić information content (AvgIpc) is 2.55. The molecule has 0 bridgehead atoms. The van der Waals surface area contributed by atoms with Gasteiger partial charge in [-0.3, -0.25) is 9.59 Å². The minimum atomic E-state index is -0.567. The Labute approximate surface area is 120 Å². The predicted molar refractivity (Wildman–Crippen MR) is 78.0 cm³/mol. The lowest BCUT2D eigenvalue weighted by molar-refractivity contribution is -0.137. The summed E-state index contributed by atoms with van der Waals surface area (Å²) >= 11 is 0. The second-order valence-corrected chi connectivity index (χ2v) is 5.47. The van der Waals surface area contributed by atoms with E-state index in [1.165, 1.54) is 0 Å². The van der Waals surface area contributed by atoms with E-state index in [-0.39, 0.29) is 23.9 Å². The van der Waals surface area contributed by atoms with E-state index in [1.54, 1.807) is 0 Å². The maximum Gasteiger partial charge on any atom is 0.250 e. The largest absolute Gasteiger partial charge is 0.340 e. The molecule has 4 nitrogen and oxygen atoms in total. The van der Waals surface area contributed by atoms with Gasteiger partial charge in [-0.25, -0.2) is 0 Å². The molecule has 20 heavy (non-hydrogen) atoms. The van der Waals surface area contributed by atoms with Gasteiger partial charge in [-0.05, 0) is 25.8 Å². The fourth-order valence-corrected chi connectivity index (χ4v) is 2.73. The Morgan fingerprint density at radius 2 is 1.95 bits per heavy atom. The van der Waals surface area contributed by atoms with Crippen LogP contribution in [0.1, 0.15) is 45.2 Å². The third kappa shape index (κ3) is 2.84. The molecule has 1 aliphatic heterocycles. The maximum atomic E-state index is 12.8. The van der Waals surface area contributed by atoms with Crippen molar-refractivity contribution in [2.45, 2.75) is 51.7 Å². The second-order valence-electron chi connectivity index (χ2n) is 5.47. The third-order valence-electron chi connectivity index (χ3n) is 3.96. The lowest BCUT2D eigenvalue weighted by Gasteiger charge is -2.34. The standard InChI is InChI=1S/C16H22N2O2/c1-4-11(2)18-12(3)10-14(19)17-15(16(18)20)13-8-6-5-7-9-13/h5-9,11-12,15H,4,10H2,1-3H3,(H,17,19). The van der Waals surface area contributed by atoms with Crippen LogP contribution in [0.25, 0.3) is 0 Å². The van der Waals surface area contributed by atoms with E-state index >= 15 is 0 Å². The van der Waals surface area contributed by atoms with E-state index in [2.05, 4.69) is 12.2 Å². The number of rotatable bonds is 3. The number of benzene rings is 1. The molecule has 2 rings (SSSR count). The molecular weight excluding hydrogens is 252 g/mol. The zero-order valence-electron chi connectivity index (χ0n) is 12.3. The summed E-state index contributed by atoms with van der Waals surface area (Å²) in [4.78, 5) is 26.7. The number of nitrogens with zero attached hydrogens (tertiary/aromatic N) is 1. The monoisotopic (exact) mass is 274 g/mol. The van der Waals surface area contributed by atoms with Crippen LogP contribution in [0, 0.1) is 0 Å². The van der Waals surface area contributed by atoms with Gasteiger partial charge in [0.25, 0.3) is 0 Å². The summed E-state index contributed by atoms with van der Waals surface area (Å²) in [5.41, 5.74) is 0.841. The van der Waals surface area contributed by atoms with Gasteiger partial charge in [0, 0.05) is 18.5 Å². The van der Waals surface area contributed by atoms with Crippen LogP contribution in [0.2, 0.25) is 0 Å². The smallest absolute Gasteiger partial charge is 0.250 e. The SMILES string of the molecule is CCC(C)N1C(=O)C(c2ccccc2)NC(=O)CC1C. The van der Waals surface area contributed by atoms with Crippen molar-refractivity contribution in [3.8, 4) is 0 Å². The van der Waals surface area contributed by atoms with Gasteiger partial charge in [0.1, 0.15) is 6.04 Å². The number of carbonyl (C=O) groups excluding carboxylic acids is 2. The van der Waals surface area contributed by atoms with Crippen molar-refractivity contribution in [1.82, 2.24) is 10.2 Å². The van der Waals surface area contributed by atoms with Crippen molar-refractivity contribution >= 4 is 11.8 Å². The van der Waals surface area contributed by atoms with Crippen LogP contribution in [0.4, 0.5) is 0 Å². The topological polar surface area (TPSA) is 49.4 Å². The highest BCUT2D eigenvalue weighted by molar-refractivity contribution is 5.91.